The second-order valence-corrected chi connectivity index (χ2v) is 8.96. The van der Waals surface area contributed by atoms with E-state index in [2.05, 4.69) is 60.0 Å². The Morgan fingerprint density at radius 1 is 1.06 bits per heavy atom. The van der Waals surface area contributed by atoms with E-state index in [1.54, 1.807) is 0 Å². The first kappa shape index (κ1) is 24.7. The first-order chi connectivity index (χ1) is 15.0. The minimum atomic E-state index is -0.127. The lowest BCUT2D eigenvalue weighted by molar-refractivity contribution is -0.140. The van der Waals surface area contributed by atoms with Crippen LogP contribution in [0.5, 0.6) is 0 Å². The molecule has 2 N–H and O–H groups in total. The number of amides is 2. The molecule has 4 rings (SSSR count). The van der Waals surface area contributed by atoms with Gasteiger partial charge in [-0.1, -0.05) is 36.4 Å². The molecule has 174 valence electrons. The van der Waals surface area contributed by atoms with Crippen LogP contribution >= 0.6 is 24.0 Å². The minimum Gasteiger partial charge on any atom is -0.357 e. The third-order valence-corrected chi connectivity index (χ3v) is 6.55. The maximum Gasteiger partial charge on any atom is 0.233 e. The first-order valence-electron chi connectivity index (χ1n) is 11.3. The summed E-state index contributed by atoms with van der Waals surface area (Å²) in [5, 5.41) is 6.54. The zero-order valence-corrected chi connectivity index (χ0v) is 21.4. The fourth-order valence-corrected chi connectivity index (χ4v) is 5.18. The van der Waals surface area contributed by atoms with Crippen molar-refractivity contribution in [2.24, 2.45) is 28.7 Å². The Hall–Kier alpha value is -1.94. The van der Waals surface area contributed by atoms with Crippen LogP contribution in [0.1, 0.15) is 24.5 Å². The molecule has 0 aromatic heterocycles. The molecule has 4 unspecified atom stereocenters. The number of hydrogen-bond acceptors (Lipinski definition) is 4. The summed E-state index contributed by atoms with van der Waals surface area (Å²) in [4.78, 5) is 34.0. The van der Waals surface area contributed by atoms with Crippen LogP contribution in [0.15, 0.2) is 41.4 Å². The zero-order valence-electron chi connectivity index (χ0n) is 19.1. The van der Waals surface area contributed by atoms with Gasteiger partial charge in [-0.15, -0.1) is 24.0 Å². The molecular weight excluding hydrogens is 517 g/mol. The molecule has 32 heavy (non-hydrogen) atoms. The van der Waals surface area contributed by atoms with Crippen molar-refractivity contribution >= 4 is 41.8 Å². The lowest BCUT2D eigenvalue weighted by Gasteiger charge is -2.19. The highest BCUT2D eigenvalue weighted by Crippen LogP contribution is 2.52. The van der Waals surface area contributed by atoms with Gasteiger partial charge in [-0.2, -0.15) is 0 Å². The predicted molar refractivity (Wildman–Crippen MR) is 137 cm³/mol. The van der Waals surface area contributed by atoms with Crippen LogP contribution in [0.3, 0.4) is 0 Å². The average Bonchev–Trinajstić information content (AvgIpc) is 3.42. The quantitative estimate of drug-likeness (QED) is 0.171. The van der Waals surface area contributed by atoms with E-state index in [1.165, 1.54) is 16.0 Å². The predicted octanol–water partition coefficient (Wildman–Crippen LogP) is 2.23. The van der Waals surface area contributed by atoms with Gasteiger partial charge in [0.25, 0.3) is 0 Å². The minimum absolute atomic E-state index is 0. The summed E-state index contributed by atoms with van der Waals surface area (Å²) in [6.07, 6.45) is 5.22. The van der Waals surface area contributed by atoms with Crippen molar-refractivity contribution in [1.29, 1.82) is 0 Å². The van der Waals surface area contributed by atoms with E-state index in [4.69, 9.17) is 4.99 Å². The van der Waals surface area contributed by atoms with Crippen LogP contribution in [-0.4, -0.2) is 61.3 Å². The molecule has 0 radical (unpaired) electrons. The van der Waals surface area contributed by atoms with Gasteiger partial charge in [0.05, 0.1) is 18.4 Å². The summed E-state index contributed by atoms with van der Waals surface area (Å²) in [5.74, 6) is 0.968. The largest absolute Gasteiger partial charge is 0.357 e. The van der Waals surface area contributed by atoms with E-state index in [0.29, 0.717) is 25.6 Å². The standard InChI is InChI=1S/C24H33N5O2.HI/c1-4-25-24(27-14-18-7-5-6-8-19(18)15-28(2)3)26-11-12-29-22(30)20-16-9-10-17(13-16)21(20)23(29)31;/h5-10,16-17,20-21H,4,11-15H2,1-3H3,(H2,25,26,27);1H. The number of halogens is 1. The van der Waals surface area contributed by atoms with Crippen LogP contribution in [0.2, 0.25) is 0 Å². The monoisotopic (exact) mass is 551 g/mol. The fraction of sp³-hybridized carbons (Fsp3) is 0.542. The number of guanidine groups is 1. The topological polar surface area (TPSA) is 77.0 Å². The van der Waals surface area contributed by atoms with Crippen LogP contribution < -0.4 is 10.6 Å². The molecule has 2 bridgehead atoms. The summed E-state index contributed by atoms with van der Waals surface area (Å²) < 4.78 is 0. The Labute approximate surface area is 207 Å². The third-order valence-electron chi connectivity index (χ3n) is 6.55. The van der Waals surface area contributed by atoms with Gasteiger partial charge in [-0.3, -0.25) is 14.5 Å². The lowest BCUT2D eigenvalue weighted by Crippen LogP contribution is -2.43. The van der Waals surface area contributed by atoms with Crippen molar-refractivity contribution in [3.8, 4) is 0 Å². The summed E-state index contributed by atoms with van der Waals surface area (Å²) in [5.41, 5.74) is 2.45. The van der Waals surface area contributed by atoms with E-state index in [0.717, 1.165) is 19.5 Å². The first-order valence-corrected chi connectivity index (χ1v) is 11.3. The lowest BCUT2D eigenvalue weighted by atomic mass is 9.85. The van der Waals surface area contributed by atoms with E-state index >= 15 is 0 Å². The molecule has 1 aromatic rings. The smallest absolute Gasteiger partial charge is 0.233 e. The highest BCUT2D eigenvalue weighted by molar-refractivity contribution is 14.0. The van der Waals surface area contributed by atoms with Gasteiger partial charge in [0.15, 0.2) is 5.96 Å². The number of carbonyl (C=O) groups excluding carboxylic acids is 2. The van der Waals surface area contributed by atoms with Crippen LogP contribution in [0, 0.1) is 23.7 Å². The van der Waals surface area contributed by atoms with Crippen LogP contribution in [0.25, 0.3) is 0 Å². The summed E-state index contributed by atoms with van der Waals surface area (Å²) in [6.45, 7) is 5.07. The molecule has 4 atom stereocenters. The van der Waals surface area contributed by atoms with Crippen molar-refractivity contribution in [2.75, 3.05) is 33.7 Å². The van der Waals surface area contributed by atoms with E-state index in [-0.39, 0.29) is 59.5 Å². The Morgan fingerprint density at radius 3 is 2.28 bits per heavy atom. The number of nitrogens with one attached hydrogen (secondary N) is 2. The number of carbonyl (C=O) groups is 2. The Bertz CT molecular complexity index is 870. The van der Waals surface area contributed by atoms with Crippen molar-refractivity contribution in [3.05, 3.63) is 47.5 Å². The van der Waals surface area contributed by atoms with Crippen LogP contribution in [0.4, 0.5) is 0 Å². The number of benzene rings is 1. The van der Waals surface area contributed by atoms with E-state index in [9.17, 15) is 9.59 Å². The molecular formula is C24H34IN5O2. The second kappa shape index (κ2) is 10.8. The molecule has 2 fully saturated rings. The molecule has 0 spiro atoms. The van der Waals surface area contributed by atoms with Crippen molar-refractivity contribution < 1.29 is 9.59 Å². The van der Waals surface area contributed by atoms with Crippen LogP contribution in [-0.2, 0) is 22.7 Å². The SMILES string of the molecule is CCNC(=NCc1ccccc1CN(C)C)NCCN1C(=O)C2C3C=CC(C3)C2C1=O.I. The number of nitrogens with zero attached hydrogens (tertiary/aromatic N) is 3. The highest BCUT2D eigenvalue weighted by Gasteiger charge is 2.58. The average molecular weight is 551 g/mol. The molecule has 1 heterocycles. The maximum absolute atomic E-state index is 12.8. The number of allylic oxidation sites excluding steroid dienone is 2. The van der Waals surface area contributed by atoms with Gasteiger partial charge in [-0.05, 0) is 50.4 Å². The molecule has 1 aliphatic heterocycles. The van der Waals surface area contributed by atoms with E-state index in [1.807, 2.05) is 13.0 Å². The van der Waals surface area contributed by atoms with Gasteiger partial charge in [-0.25, -0.2) is 4.99 Å². The van der Waals surface area contributed by atoms with Gasteiger partial charge in [0, 0.05) is 26.2 Å². The molecule has 1 aromatic carbocycles. The molecule has 8 heteroatoms. The summed E-state index contributed by atoms with van der Waals surface area (Å²) in [7, 11) is 4.12. The fourth-order valence-electron chi connectivity index (χ4n) is 5.18. The van der Waals surface area contributed by atoms with Gasteiger partial charge >= 0.3 is 0 Å². The highest BCUT2D eigenvalue weighted by atomic mass is 127. The number of imide groups is 1. The maximum atomic E-state index is 12.8. The summed E-state index contributed by atoms with van der Waals surface area (Å²) in [6, 6.07) is 8.33. The normalized spacial score (nSPS) is 26.0. The van der Waals surface area contributed by atoms with Crippen molar-refractivity contribution in [2.45, 2.75) is 26.4 Å². The number of aliphatic imine (C=N–C) groups is 1. The number of rotatable bonds is 8. The summed E-state index contributed by atoms with van der Waals surface area (Å²) >= 11 is 0. The number of likely N-dealkylation sites (tertiary alicyclic amines) is 1. The van der Waals surface area contributed by atoms with Crippen molar-refractivity contribution in [1.82, 2.24) is 20.4 Å². The Balaban J connectivity index is 0.00000289. The zero-order chi connectivity index (χ0) is 22.0. The molecule has 2 amide bonds. The third kappa shape index (κ3) is 5.01. The second-order valence-electron chi connectivity index (χ2n) is 8.96. The number of fused-ring (bicyclic) bond motifs is 5. The van der Waals surface area contributed by atoms with Crippen molar-refractivity contribution in [3.63, 3.8) is 0 Å². The molecule has 3 aliphatic rings. The van der Waals surface area contributed by atoms with Gasteiger partial charge < -0.3 is 15.5 Å². The van der Waals surface area contributed by atoms with Gasteiger partial charge in [0.2, 0.25) is 11.8 Å². The Kier molecular flexibility index (Phi) is 8.32. The number of hydrogen-bond donors (Lipinski definition) is 2. The molecule has 7 nitrogen and oxygen atoms in total. The van der Waals surface area contributed by atoms with Gasteiger partial charge in [0.1, 0.15) is 0 Å². The molecule has 2 aliphatic carbocycles. The molecule has 1 saturated carbocycles. The Morgan fingerprint density at radius 2 is 1.69 bits per heavy atom. The molecule has 1 saturated heterocycles. The van der Waals surface area contributed by atoms with E-state index < -0.39 is 0 Å².